The van der Waals surface area contributed by atoms with Crippen LogP contribution in [0.1, 0.15) is 58.8 Å². The average molecular weight is 180 g/mol. The van der Waals surface area contributed by atoms with Crippen LogP contribution in [0.5, 0.6) is 0 Å². The van der Waals surface area contributed by atoms with E-state index in [0.717, 1.165) is 23.7 Å². The van der Waals surface area contributed by atoms with E-state index in [4.69, 9.17) is 0 Å². The molecule has 0 spiro atoms. The van der Waals surface area contributed by atoms with Crippen molar-refractivity contribution in [3.63, 3.8) is 0 Å². The zero-order valence-electron chi connectivity index (χ0n) is 9.26. The highest BCUT2D eigenvalue weighted by Crippen LogP contribution is 2.50. The van der Waals surface area contributed by atoms with E-state index in [1.165, 1.54) is 32.1 Å². The van der Waals surface area contributed by atoms with E-state index in [1.807, 2.05) is 0 Å². The molecule has 76 valence electrons. The largest absolute Gasteiger partial charge is 0.0622 e. The summed E-state index contributed by atoms with van der Waals surface area (Å²) in [5, 5.41) is 0. The van der Waals surface area contributed by atoms with Gasteiger partial charge in [-0.3, -0.25) is 0 Å². The Morgan fingerprint density at radius 3 is 2.31 bits per heavy atom. The van der Waals surface area contributed by atoms with Gasteiger partial charge >= 0.3 is 0 Å². The summed E-state index contributed by atoms with van der Waals surface area (Å²) < 4.78 is 0. The Bertz CT molecular complexity index is 159. The zero-order valence-corrected chi connectivity index (χ0v) is 9.26. The summed E-state index contributed by atoms with van der Waals surface area (Å²) in [6, 6.07) is 0. The highest BCUT2D eigenvalue weighted by Gasteiger charge is 2.41. The molecule has 0 saturated heterocycles. The van der Waals surface area contributed by atoms with Crippen molar-refractivity contribution in [1.82, 2.24) is 0 Å². The van der Waals surface area contributed by atoms with Crippen LogP contribution < -0.4 is 0 Å². The highest BCUT2D eigenvalue weighted by atomic mass is 14.5. The van der Waals surface area contributed by atoms with Gasteiger partial charge in [-0.1, -0.05) is 52.4 Å². The molecule has 2 fully saturated rings. The molecule has 2 aliphatic rings. The van der Waals surface area contributed by atoms with E-state index < -0.39 is 0 Å². The molecule has 0 heteroatoms. The number of hydrogen-bond donors (Lipinski definition) is 0. The summed E-state index contributed by atoms with van der Waals surface area (Å²) in [6.45, 7) is 4.97. The van der Waals surface area contributed by atoms with Crippen LogP contribution in [-0.4, -0.2) is 0 Å². The second-order valence-electron chi connectivity index (χ2n) is 5.49. The first-order valence-corrected chi connectivity index (χ1v) is 6.29. The minimum absolute atomic E-state index is 0.994. The number of fused-ring (bicyclic) bond motifs is 1. The maximum absolute atomic E-state index is 2.50. The first-order chi connectivity index (χ1) is 6.29. The summed E-state index contributed by atoms with van der Waals surface area (Å²) >= 11 is 0. The van der Waals surface area contributed by atoms with Crippen LogP contribution in [0, 0.1) is 23.7 Å². The van der Waals surface area contributed by atoms with Crippen molar-refractivity contribution in [2.75, 3.05) is 0 Å². The quantitative estimate of drug-likeness (QED) is 0.523. The summed E-state index contributed by atoms with van der Waals surface area (Å²) in [5.41, 5.74) is 0. The van der Waals surface area contributed by atoms with Gasteiger partial charge in [0, 0.05) is 0 Å². The molecule has 4 atom stereocenters. The molecule has 0 aliphatic heterocycles. The Hall–Kier alpha value is 0. The van der Waals surface area contributed by atoms with Crippen molar-refractivity contribution < 1.29 is 0 Å². The fraction of sp³-hybridized carbons (Fsp3) is 1.00. The standard InChI is InChI=1S/C13H24/c1-10-7-5-3-4-6-8-12-9-13(12)11(10)2/h10-13H,3-9H2,1-2H3. The second kappa shape index (κ2) is 4.02. The van der Waals surface area contributed by atoms with Gasteiger partial charge in [-0.25, -0.2) is 0 Å². The van der Waals surface area contributed by atoms with E-state index in [0.29, 0.717) is 0 Å². The van der Waals surface area contributed by atoms with Crippen molar-refractivity contribution >= 4 is 0 Å². The molecule has 0 heterocycles. The van der Waals surface area contributed by atoms with Gasteiger partial charge < -0.3 is 0 Å². The van der Waals surface area contributed by atoms with E-state index >= 15 is 0 Å². The molecule has 2 saturated carbocycles. The smallest absolute Gasteiger partial charge is 0.0355 e. The maximum Gasteiger partial charge on any atom is -0.0355 e. The molecule has 0 nitrogen and oxygen atoms in total. The average Bonchev–Trinajstić information content (AvgIpc) is 2.88. The van der Waals surface area contributed by atoms with E-state index in [2.05, 4.69) is 13.8 Å². The van der Waals surface area contributed by atoms with Crippen molar-refractivity contribution in [3.05, 3.63) is 0 Å². The van der Waals surface area contributed by atoms with Crippen molar-refractivity contribution in [2.45, 2.75) is 58.8 Å². The predicted octanol–water partition coefficient (Wildman–Crippen LogP) is 4.25. The normalized spacial score (nSPS) is 46.6. The Labute approximate surface area is 83.1 Å². The van der Waals surface area contributed by atoms with Gasteiger partial charge in [-0.15, -0.1) is 0 Å². The van der Waals surface area contributed by atoms with Crippen LogP contribution in [0.3, 0.4) is 0 Å². The second-order valence-corrected chi connectivity index (χ2v) is 5.49. The van der Waals surface area contributed by atoms with Gasteiger partial charge in [-0.05, 0) is 30.1 Å². The van der Waals surface area contributed by atoms with Crippen LogP contribution >= 0.6 is 0 Å². The molecule has 2 aliphatic carbocycles. The van der Waals surface area contributed by atoms with Crippen molar-refractivity contribution in [1.29, 1.82) is 0 Å². The summed E-state index contributed by atoms with van der Waals surface area (Å²) in [4.78, 5) is 0. The Morgan fingerprint density at radius 1 is 0.846 bits per heavy atom. The predicted molar refractivity (Wildman–Crippen MR) is 57.6 cm³/mol. The van der Waals surface area contributed by atoms with Crippen LogP contribution in [-0.2, 0) is 0 Å². The number of rotatable bonds is 0. The fourth-order valence-electron chi connectivity index (χ4n) is 3.16. The monoisotopic (exact) mass is 180 g/mol. The van der Waals surface area contributed by atoms with Gasteiger partial charge in [0.15, 0.2) is 0 Å². The van der Waals surface area contributed by atoms with Gasteiger partial charge in [0.1, 0.15) is 0 Å². The molecule has 0 aromatic heterocycles. The van der Waals surface area contributed by atoms with Gasteiger partial charge in [-0.2, -0.15) is 0 Å². The van der Waals surface area contributed by atoms with Gasteiger partial charge in [0.25, 0.3) is 0 Å². The summed E-state index contributed by atoms with van der Waals surface area (Å²) in [7, 11) is 0. The minimum Gasteiger partial charge on any atom is -0.0622 e. The van der Waals surface area contributed by atoms with E-state index in [1.54, 1.807) is 12.8 Å². The molecule has 0 radical (unpaired) electrons. The molecule has 0 amide bonds. The van der Waals surface area contributed by atoms with E-state index in [9.17, 15) is 0 Å². The molecule has 0 aromatic rings. The first-order valence-electron chi connectivity index (χ1n) is 6.29. The van der Waals surface area contributed by atoms with Crippen LogP contribution in [0.2, 0.25) is 0 Å². The molecular weight excluding hydrogens is 156 g/mol. The lowest BCUT2D eigenvalue weighted by Crippen LogP contribution is -2.12. The maximum atomic E-state index is 2.50. The van der Waals surface area contributed by atoms with Gasteiger partial charge in [0.2, 0.25) is 0 Å². The summed E-state index contributed by atoms with van der Waals surface area (Å²) in [5.74, 6) is 4.26. The van der Waals surface area contributed by atoms with Gasteiger partial charge in [0.05, 0.1) is 0 Å². The lowest BCUT2D eigenvalue weighted by Gasteiger charge is -2.21. The fourth-order valence-corrected chi connectivity index (χ4v) is 3.16. The molecule has 2 rings (SSSR count). The molecule has 0 N–H and O–H groups in total. The SMILES string of the molecule is CC1CCCCCCC2CC2C1C. The Morgan fingerprint density at radius 2 is 1.54 bits per heavy atom. The molecule has 13 heavy (non-hydrogen) atoms. The summed E-state index contributed by atoms with van der Waals surface area (Å²) in [6.07, 6.45) is 10.6. The Kier molecular flexibility index (Phi) is 2.96. The van der Waals surface area contributed by atoms with E-state index in [-0.39, 0.29) is 0 Å². The lowest BCUT2D eigenvalue weighted by atomic mass is 9.85. The topological polar surface area (TPSA) is 0 Å². The molecular formula is C13H24. The third-order valence-electron chi connectivity index (χ3n) is 4.53. The molecule has 4 unspecified atom stereocenters. The van der Waals surface area contributed by atoms with Crippen LogP contribution in [0.15, 0.2) is 0 Å². The van der Waals surface area contributed by atoms with Crippen molar-refractivity contribution in [2.24, 2.45) is 23.7 Å². The van der Waals surface area contributed by atoms with Crippen LogP contribution in [0.4, 0.5) is 0 Å². The zero-order chi connectivity index (χ0) is 9.26. The first kappa shape index (κ1) is 9.55. The molecule has 0 aromatic carbocycles. The molecule has 0 bridgehead atoms. The highest BCUT2D eigenvalue weighted by molar-refractivity contribution is 4.91. The minimum atomic E-state index is 0.994. The number of hydrogen-bond acceptors (Lipinski definition) is 0. The Balaban J connectivity index is 1.88. The third kappa shape index (κ3) is 2.27. The van der Waals surface area contributed by atoms with Crippen LogP contribution in [0.25, 0.3) is 0 Å². The van der Waals surface area contributed by atoms with Crippen molar-refractivity contribution in [3.8, 4) is 0 Å². The lowest BCUT2D eigenvalue weighted by molar-refractivity contribution is 0.293. The third-order valence-corrected chi connectivity index (χ3v) is 4.53.